The van der Waals surface area contributed by atoms with E-state index < -0.39 is 0 Å². The molecule has 0 fully saturated rings. The maximum Gasteiger partial charge on any atom is 0.0598 e. The van der Waals surface area contributed by atoms with Crippen LogP contribution < -0.4 is 5.32 Å². The van der Waals surface area contributed by atoms with Gasteiger partial charge in [-0.3, -0.25) is 0 Å². The summed E-state index contributed by atoms with van der Waals surface area (Å²) in [5.74, 6) is 0.548. The lowest BCUT2D eigenvalue weighted by atomic mass is 9.96. The first kappa shape index (κ1) is 16.5. The monoisotopic (exact) mass is 283 g/mol. The third-order valence-corrected chi connectivity index (χ3v) is 3.39. The van der Waals surface area contributed by atoms with E-state index in [1.54, 1.807) is 0 Å². The van der Waals surface area contributed by atoms with Gasteiger partial charge in [0.1, 0.15) is 0 Å². The summed E-state index contributed by atoms with van der Waals surface area (Å²) >= 11 is 6.22. The molecule has 0 radical (unpaired) electrons. The van der Waals surface area contributed by atoms with Crippen molar-refractivity contribution in [3.05, 3.63) is 34.9 Å². The van der Waals surface area contributed by atoms with Gasteiger partial charge in [0, 0.05) is 11.6 Å². The average Bonchev–Trinajstić information content (AvgIpc) is 2.30. The van der Waals surface area contributed by atoms with E-state index in [2.05, 4.69) is 32.2 Å². The predicted octanol–water partition coefficient (Wildman–Crippen LogP) is 3.92. The van der Waals surface area contributed by atoms with E-state index in [0.717, 1.165) is 31.0 Å². The zero-order chi connectivity index (χ0) is 14.3. The molecule has 0 bridgehead atoms. The lowest BCUT2D eigenvalue weighted by molar-refractivity contribution is -0.00912. The average molecular weight is 284 g/mol. The molecule has 0 saturated heterocycles. The molecule has 0 aliphatic carbocycles. The van der Waals surface area contributed by atoms with E-state index >= 15 is 0 Å². The molecule has 0 aliphatic heterocycles. The van der Waals surface area contributed by atoms with E-state index in [0.29, 0.717) is 5.92 Å². The zero-order valence-electron chi connectivity index (χ0n) is 12.5. The number of nitrogens with one attached hydrogen (secondary N) is 1. The maximum atomic E-state index is 6.22. The number of ether oxygens (including phenoxy) is 1. The van der Waals surface area contributed by atoms with Crippen LogP contribution in [0, 0.1) is 5.92 Å². The molecular weight excluding hydrogens is 258 g/mol. The van der Waals surface area contributed by atoms with Crippen LogP contribution in [0.15, 0.2) is 24.3 Å². The standard InChI is InChI=1S/C16H26ClNO/c1-16(2,3)19-10-9-13(12-18-4)11-14-7-5-6-8-15(14)17/h5-8,13,18H,9-12H2,1-4H3. The third-order valence-electron chi connectivity index (χ3n) is 3.02. The molecule has 0 aliphatic rings. The highest BCUT2D eigenvalue weighted by atomic mass is 35.5. The lowest BCUT2D eigenvalue weighted by Crippen LogP contribution is -2.25. The first-order chi connectivity index (χ1) is 8.92. The second-order valence-corrected chi connectivity index (χ2v) is 6.38. The Bertz CT molecular complexity index is 373. The van der Waals surface area contributed by atoms with Crippen molar-refractivity contribution in [2.45, 2.75) is 39.2 Å². The second kappa shape index (κ2) is 7.88. The highest BCUT2D eigenvalue weighted by molar-refractivity contribution is 6.31. The van der Waals surface area contributed by atoms with Crippen LogP contribution in [-0.4, -0.2) is 25.8 Å². The van der Waals surface area contributed by atoms with E-state index in [4.69, 9.17) is 16.3 Å². The molecule has 2 nitrogen and oxygen atoms in total. The Morgan fingerprint density at radius 1 is 1.26 bits per heavy atom. The first-order valence-electron chi connectivity index (χ1n) is 6.94. The van der Waals surface area contributed by atoms with Gasteiger partial charge in [-0.15, -0.1) is 0 Å². The number of hydrogen-bond donors (Lipinski definition) is 1. The minimum atomic E-state index is -0.0609. The first-order valence-corrected chi connectivity index (χ1v) is 7.32. The number of rotatable bonds is 7. The molecule has 3 heteroatoms. The van der Waals surface area contributed by atoms with Crippen molar-refractivity contribution < 1.29 is 4.74 Å². The van der Waals surface area contributed by atoms with Gasteiger partial charge in [-0.05, 0) is 64.8 Å². The van der Waals surface area contributed by atoms with Crippen LogP contribution in [0.3, 0.4) is 0 Å². The van der Waals surface area contributed by atoms with Crippen molar-refractivity contribution >= 4 is 11.6 Å². The van der Waals surface area contributed by atoms with Crippen LogP contribution in [0.25, 0.3) is 0 Å². The van der Waals surface area contributed by atoms with Gasteiger partial charge in [-0.25, -0.2) is 0 Å². The molecule has 0 spiro atoms. The molecule has 0 saturated carbocycles. The fraction of sp³-hybridized carbons (Fsp3) is 0.625. The molecule has 1 unspecified atom stereocenters. The van der Waals surface area contributed by atoms with Crippen LogP contribution in [0.1, 0.15) is 32.8 Å². The van der Waals surface area contributed by atoms with Gasteiger partial charge < -0.3 is 10.1 Å². The molecular formula is C16H26ClNO. The molecule has 108 valence electrons. The Labute approximate surface area is 122 Å². The highest BCUT2D eigenvalue weighted by Gasteiger charge is 2.14. The third kappa shape index (κ3) is 6.95. The molecule has 0 aromatic heterocycles. The number of halogens is 1. The van der Waals surface area contributed by atoms with Crippen molar-refractivity contribution in [3.8, 4) is 0 Å². The van der Waals surface area contributed by atoms with E-state index in [-0.39, 0.29) is 5.60 Å². The minimum Gasteiger partial charge on any atom is -0.376 e. The van der Waals surface area contributed by atoms with Crippen molar-refractivity contribution in [2.75, 3.05) is 20.2 Å². The Balaban J connectivity index is 2.51. The lowest BCUT2D eigenvalue weighted by Gasteiger charge is -2.22. The Morgan fingerprint density at radius 3 is 2.53 bits per heavy atom. The van der Waals surface area contributed by atoms with E-state index in [1.165, 1.54) is 5.56 Å². The minimum absolute atomic E-state index is 0.0609. The van der Waals surface area contributed by atoms with Gasteiger partial charge in [0.25, 0.3) is 0 Å². The van der Waals surface area contributed by atoms with Crippen LogP contribution in [0.4, 0.5) is 0 Å². The molecule has 1 rings (SSSR count). The fourth-order valence-electron chi connectivity index (χ4n) is 2.07. The molecule has 1 aromatic carbocycles. The summed E-state index contributed by atoms with van der Waals surface area (Å²) in [6.07, 6.45) is 2.04. The Morgan fingerprint density at radius 2 is 1.95 bits per heavy atom. The topological polar surface area (TPSA) is 21.3 Å². The number of hydrogen-bond acceptors (Lipinski definition) is 2. The quantitative estimate of drug-likeness (QED) is 0.819. The van der Waals surface area contributed by atoms with Gasteiger partial charge in [0.15, 0.2) is 0 Å². The van der Waals surface area contributed by atoms with Gasteiger partial charge in [-0.1, -0.05) is 29.8 Å². The summed E-state index contributed by atoms with van der Waals surface area (Å²) in [6, 6.07) is 8.08. The normalized spacial score (nSPS) is 13.5. The SMILES string of the molecule is CNCC(CCOC(C)(C)C)Cc1ccccc1Cl. The molecule has 0 heterocycles. The molecule has 0 amide bonds. The van der Waals surface area contributed by atoms with Crippen molar-refractivity contribution in [2.24, 2.45) is 5.92 Å². The van der Waals surface area contributed by atoms with Gasteiger partial charge in [-0.2, -0.15) is 0 Å². The van der Waals surface area contributed by atoms with Crippen molar-refractivity contribution in [3.63, 3.8) is 0 Å². The molecule has 1 aromatic rings. The largest absolute Gasteiger partial charge is 0.376 e. The zero-order valence-corrected chi connectivity index (χ0v) is 13.3. The fourth-order valence-corrected chi connectivity index (χ4v) is 2.28. The van der Waals surface area contributed by atoms with Crippen molar-refractivity contribution in [1.82, 2.24) is 5.32 Å². The summed E-state index contributed by atoms with van der Waals surface area (Å²) in [5.41, 5.74) is 1.16. The van der Waals surface area contributed by atoms with Crippen LogP contribution in [-0.2, 0) is 11.2 Å². The Hall–Kier alpha value is -0.570. The summed E-state index contributed by atoms with van der Waals surface area (Å²) in [4.78, 5) is 0. The summed E-state index contributed by atoms with van der Waals surface area (Å²) in [7, 11) is 1.99. The predicted molar refractivity (Wildman–Crippen MR) is 82.9 cm³/mol. The molecule has 1 atom stereocenters. The van der Waals surface area contributed by atoms with Gasteiger partial charge in [0.05, 0.1) is 5.60 Å². The van der Waals surface area contributed by atoms with Crippen LogP contribution in [0.5, 0.6) is 0 Å². The highest BCUT2D eigenvalue weighted by Crippen LogP contribution is 2.21. The summed E-state index contributed by atoms with van der Waals surface area (Å²) in [5, 5.41) is 4.12. The summed E-state index contributed by atoms with van der Waals surface area (Å²) < 4.78 is 5.81. The van der Waals surface area contributed by atoms with Crippen LogP contribution in [0.2, 0.25) is 5.02 Å². The Kier molecular flexibility index (Phi) is 6.84. The van der Waals surface area contributed by atoms with Gasteiger partial charge >= 0.3 is 0 Å². The van der Waals surface area contributed by atoms with E-state index in [9.17, 15) is 0 Å². The van der Waals surface area contributed by atoms with Gasteiger partial charge in [0.2, 0.25) is 0 Å². The number of benzene rings is 1. The van der Waals surface area contributed by atoms with E-state index in [1.807, 2.05) is 25.2 Å². The van der Waals surface area contributed by atoms with Crippen molar-refractivity contribution in [1.29, 1.82) is 0 Å². The molecule has 19 heavy (non-hydrogen) atoms. The molecule has 1 N–H and O–H groups in total. The second-order valence-electron chi connectivity index (χ2n) is 5.97. The summed E-state index contributed by atoms with van der Waals surface area (Å²) in [6.45, 7) is 8.05. The maximum absolute atomic E-state index is 6.22. The smallest absolute Gasteiger partial charge is 0.0598 e. The van der Waals surface area contributed by atoms with Crippen LogP contribution >= 0.6 is 11.6 Å².